The summed E-state index contributed by atoms with van der Waals surface area (Å²) in [7, 11) is 0. The van der Waals surface area contributed by atoms with Crippen LogP contribution in [0.25, 0.3) is 11.1 Å². The maximum atomic E-state index is 12.6. The van der Waals surface area contributed by atoms with Crippen LogP contribution in [0.15, 0.2) is 60.2 Å². The number of carboxylic acid groups (broad SMARTS) is 1. The molecule has 1 unspecified atom stereocenters. The molecule has 0 radical (unpaired) electrons. The second-order valence-electron chi connectivity index (χ2n) is 8.37. The lowest BCUT2D eigenvalue weighted by Crippen LogP contribution is -2.52. The third-order valence-electron chi connectivity index (χ3n) is 6.16. The number of hydrogen-bond donors (Lipinski definition) is 2. The average molecular weight is 405 g/mol. The molecule has 0 fully saturated rings. The van der Waals surface area contributed by atoms with Gasteiger partial charge in [-0.3, -0.25) is 0 Å². The van der Waals surface area contributed by atoms with Gasteiger partial charge in [-0.25, -0.2) is 9.59 Å². The molecule has 0 saturated heterocycles. The first-order chi connectivity index (χ1) is 14.5. The first kappa shape index (κ1) is 20.2. The van der Waals surface area contributed by atoms with E-state index in [9.17, 15) is 14.7 Å². The van der Waals surface area contributed by atoms with Gasteiger partial charge in [0.25, 0.3) is 0 Å². The van der Waals surface area contributed by atoms with Crippen molar-refractivity contribution >= 4 is 12.1 Å². The average Bonchev–Trinajstić information content (AvgIpc) is 3.06. The second-order valence-corrected chi connectivity index (χ2v) is 8.37. The van der Waals surface area contributed by atoms with Gasteiger partial charge in [0.15, 0.2) is 0 Å². The molecule has 1 amide bonds. The van der Waals surface area contributed by atoms with Crippen molar-refractivity contribution in [1.82, 2.24) is 5.32 Å². The van der Waals surface area contributed by atoms with E-state index >= 15 is 0 Å². The zero-order valence-electron chi connectivity index (χ0n) is 17.2. The Morgan fingerprint density at radius 1 is 1.07 bits per heavy atom. The number of carbonyl (C=O) groups is 2. The van der Waals surface area contributed by atoms with Gasteiger partial charge in [-0.2, -0.15) is 0 Å². The number of ether oxygens (including phenoxy) is 1. The van der Waals surface area contributed by atoms with Crippen molar-refractivity contribution in [2.24, 2.45) is 0 Å². The molecule has 4 rings (SSSR count). The Morgan fingerprint density at radius 2 is 1.70 bits per heavy atom. The molecule has 1 atom stereocenters. The van der Waals surface area contributed by atoms with Crippen molar-refractivity contribution in [3.8, 4) is 11.1 Å². The Morgan fingerprint density at radius 3 is 2.27 bits per heavy atom. The molecule has 0 bridgehead atoms. The van der Waals surface area contributed by atoms with Gasteiger partial charge in [-0.05, 0) is 54.9 Å². The highest BCUT2D eigenvalue weighted by atomic mass is 16.5. The lowest BCUT2D eigenvalue weighted by Gasteiger charge is -2.28. The minimum atomic E-state index is -1.38. The third kappa shape index (κ3) is 3.97. The van der Waals surface area contributed by atoms with Crippen LogP contribution in [0.4, 0.5) is 4.79 Å². The van der Waals surface area contributed by atoms with Crippen molar-refractivity contribution < 1.29 is 19.4 Å². The van der Waals surface area contributed by atoms with E-state index in [2.05, 4.69) is 35.7 Å². The molecular formula is C25H27NO4. The molecule has 0 saturated carbocycles. The van der Waals surface area contributed by atoms with Crippen LogP contribution >= 0.6 is 0 Å². The minimum absolute atomic E-state index is 0.0553. The number of alkyl carbamates (subject to hydrolysis) is 1. The summed E-state index contributed by atoms with van der Waals surface area (Å²) in [5.74, 6) is -1.11. The monoisotopic (exact) mass is 405 g/mol. The molecule has 156 valence electrons. The quantitative estimate of drug-likeness (QED) is 0.643. The van der Waals surface area contributed by atoms with Crippen molar-refractivity contribution in [1.29, 1.82) is 0 Å². The third-order valence-corrected chi connectivity index (χ3v) is 6.16. The van der Waals surface area contributed by atoms with Crippen LogP contribution in [0.2, 0.25) is 0 Å². The highest BCUT2D eigenvalue weighted by Gasteiger charge is 2.37. The normalized spacial score (nSPS) is 17.3. The van der Waals surface area contributed by atoms with E-state index in [0.717, 1.165) is 53.5 Å². The minimum Gasteiger partial charge on any atom is -0.480 e. The molecule has 2 N–H and O–H groups in total. The second kappa shape index (κ2) is 8.34. The van der Waals surface area contributed by atoms with E-state index in [1.807, 2.05) is 24.3 Å². The number of carboxylic acids is 1. The van der Waals surface area contributed by atoms with Gasteiger partial charge in [-0.15, -0.1) is 0 Å². The first-order valence-electron chi connectivity index (χ1n) is 10.5. The Labute approximate surface area is 176 Å². The molecule has 2 aliphatic carbocycles. The molecule has 0 aliphatic heterocycles. The van der Waals surface area contributed by atoms with E-state index in [1.165, 1.54) is 0 Å². The first-order valence-corrected chi connectivity index (χ1v) is 10.5. The van der Waals surface area contributed by atoms with Crippen LogP contribution in [0, 0.1) is 0 Å². The largest absolute Gasteiger partial charge is 0.480 e. The Balaban J connectivity index is 1.45. The lowest BCUT2D eigenvalue weighted by atomic mass is 9.87. The molecule has 5 heteroatoms. The summed E-state index contributed by atoms with van der Waals surface area (Å²) in [5.41, 5.74) is 4.26. The lowest BCUT2D eigenvalue weighted by molar-refractivity contribution is -0.143. The molecule has 2 aromatic carbocycles. The summed E-state index contributed by atoms with van der Waals surface area (Å²) in [4.78, 5) is 24.5. The number of benzene rings is 2. The molecule has 2 aliphatic rings. The van der Waals surface area contributed by atoms with E-state index in [-0.39, 0.29) is 12.5 Å². The van der Waals surface area contributed by atoms with Crippen LogP contribution in [-0.4, -0.2) is 29.3 Å². The number of amides is 1. The van der Waals surface area contributed by atoms with Crippen molar-refractivity contribution in [2.75, 3.05) is 6.61 Å². The zero-order valence-corrected chi connectivity index (χ0v) is 17.2. The van der Waals surface area contributed by atoms with E-state index < -0.39 is 17.6 Å². The maximum Gasteiger partial charge on any atom is 0.408 e. The number of rotatable bonds is 6. The number of fused-ring (bicyclic) bond motifs is 3. The fourth-order valence-electron chi connectivity index (χ4n) is 4.55. The topological polar surface area (TPSA) is 75.6 Å². The Bertz CT molecular complexity index is 951. The predicted molar refractivity (Wildman–Crippen MR) is 115 cm³/mol. The predicted octanol–water partition coefficient (Wildman–Crippen LogP) is 5.26. The molecule has 0 aromatic heterocycles. The van der Waals surface area contributed by atoms with Gasteiger partial charge in [-0.1, -0.05) is 60.2 Å². The smallest absolute Gasteiger partial charge is 0.408 e. The van der Waals surface area contributed by atoms with E-state index in [4.69, 9.17) is 4.74 Å². The van der Waals surface area contributed by atoms with E-state index in [0.29, 0.717) is 6.42 Å². The van der Waals surface area contributed by atoms with Gasteiger partial charge < -0.3 is 15.2 Å². The summed E-state index contributed by atoms with van der Waals surface area (Å²) in [5, 5.41) is 12.4. The van der Waals surface area contributed by atoms with Gasteiger partial charge in [0.2, 0.25) is 0 Å². The highest BCUT2D eigenvalue weighted by Crippen LogP contribution is 2.44. The fourth-order valence-corrected chi connectivity index (χ4v) is 4.55. The van der Waals surface area contributed by atoms with Crippen LogP contribution in [0.5, 0.6) is 0 Å². The standard InChI is InChI=1S/C25H27NO4/c1-25(23(27)28,15-17-9-3-2-4-10-17)26-24(29)30-16-22-20-13-7-5-11-18(20)19-12-6-8-14-21(19)22/h5-9,11-14,22H,2-4,10,15-16H2,1H3,(H,26,29)(H,27,28). The van der Waals surface area contributed by atoms with Crippen LogP contribution in [0.1, 0.15) is 56.1 Å². The molecule has 0 spiro atoms. The summed E-state index contributed by atoms with van der Waals surface area (Å²) in [6, 6.07) is 16.2. The SMILES string of the molecule is CC(CC1=CCCCC1)(NC(=O)OCC1c2ccccc2-c2ccccc21)C(=O)O. The number of allylic oxidation sites excluding steroid dienone is 1. The Hall–Kier alpha value is -3.08. The van der Waals surface area contributed by atoms with Crippen molar-refractivity contribution in [3.05, 3.63) is 71.3 Å². The van der Waals surface area contributed by atoms with Gasteiger partial charge >= 0.3 is 12.1 Å². The summed E-state index contributed by atoms with van der Waals surface area (Å²) in [6.45, 7) is 1.71. The number of aliphatic carboxylic acids is 1. The van der Waals surface area contributed by atoms with Gasteiger partial charge in [0.1, 0.15) is 12.1 Å². The number of carbonyl (C=O) groups excluding carboxylic acids is 1. The number of hydrogen-bond acceptors (Lipinski definition) is 3. The van der Waals surface area contributed by atoms with Crippen LogP contribution in [-0.2, 0) is 9.53 Å². The van der Waals surface area contributed by atoms with Crippen LogP contribution < -0.4 is 5.32 Å². The molecule has 2 aromatic rings. The maximum absolute atomic E-state index is 12.6. The Kier molecular flexibility index (Phi) is 5.62. The summed E-state index contributed by atoms with van der Waals surface area (Å²) in [6.07, 6.45) is 5.75. The highest BCUT2D eigenvalue weighted by molar-refractivity contribution is 5.84. The van der Waals surface area contributed by atoms with Gasteiger partial charge in [0, 0.05) is 12.3 Å². The zero-order chi connectivity index (χ0) is 21.1. The van der Waals surface area contributed by atoms with Gasteiger partial charge in [0.05, 0.1) is 0 Å². The number of nitrogens with one attached hydrogen (secondary N) is 1. The van der Waals surface area contributed by atoms with E-state index in [1.54, 1.807) is 6.92 Å². The molecule has 5 nitrogen and oxygen atoms in total. The van der Waals surface area contributed by atoms with Crippen molar-refractivity contribution in [3.63, 3.8) is 0 Å². The summed E-state index contributed by atoms with van der Waals surface area (Å²) >= 11 is 0. The van der Waals surface area contributed by atoms with Crippen LogP contribution in [0.3, 0.4) is 0 Å². The summed E-state index contributed by atoms with van der Waals surface area (Å²) < 4.78 is 5.54. The molecular weight excluding hydrogens is 378 g/mol. The molecule has 30 heavy (non-hydrogen) atoms. The van der Waals surface area contributed by atoms with Crippen molar-refractivity contribution in [2.45, 2.75) is 50.5 Å². The fraction of sp³-hybridized carbons (Fsp3) is 0.360. The molecule has 0 heterocycles.